The molecule has 29 heavy (non-hydrogen) atoms. The lowest BCUT2D eigenvalue weighted by Crippen LogP contribution is -2.34. The summed E-state index contributed by atoms with van der Waals surface area (Å²) >= 11 is 0. The number of rotatable bonds is 7. The molecule has 0 bridgehead atoms. The van der Waals surface area contributed by atoms with Gasteiger partial charge in [0.05, 0.1) is 25.3 Å². The molecule has 1 aromatic carbocycles. The Morgan fingerprint density at radius 2 is 1.93 bits per heavy atom. The fourth-order valence-electron chi connectivity index (χ4n) is 3.06. The molecule has 7 nitrogen and oxygen atoms in total. The van der Waals surface area contributed by atoms with Crippen LogP contribution in [0, 0.1) is 5.92 Å². The van der Waals surface area contributed by atoms with Crippen molar-refractivity contribution in [3.8, 4) is 17.1 Å². The van der Waals surface area contributed by atoms with E-state index >= 15 is 0 Å². The fraction of sp³-hybridized carbons (Fsp3) is 0.273. The number of carbonyl (C=O) groups is 1. The van der Waals surface area contributed by atoms with Crippen molar-refractivity contribution in [2.75, 3.05) is 7.11 Å². The van der Waals surface area contributed by atoms with Crippen LogP contribution in [-0.4, -0.2) is 28.0 Å². The summed E-state index contributed by atoms with van der Waals surface area (Å²) in [5, 5.41) is 3.02. The summed E-state index contributed by atoms with van der Waals surface area (Å²) in [4.78, 5) is 36.2. The number of nitrogens with one attached hydrogen (secondary N) is 2. The largest absolute Gasteiger partial charge is 0.497 e. The van der Waals surface area contributed by atoms with Crippen molar-refractivity contribution in [1.29, 1.82) is 0 Å². The molecule has 0 aliphatic rings. The van der Waals surface area contributed by atoms with E-state index in [4.69, 9.17) is 4.74 Å². The van der Waals surface area contributed by atoms with Gasteiger partial charge in [-0.3, -0.25) is 14.6 Å². The first-order chi connectivity index (χ1) is 14.0. The number of benzene rings is 1. The van der Waals surface area contributed by atoms with Crippen molar-refractivity contribution in [2.24, 2.45) is 5.92 Å². The molecular formula is C22H24N4O3. The zero-order chi connectivity index (χ0) is 20.8. The van der Waals surface area contributed by atoms with E-state index in [-0.39, 0.29) is 23.8 Å². The Bertz CT molecular complexity index is 1030. The van der Waals surface area contributed by atoms with Gasteiger partial charge in [0.15, 0.2) is 0 Å². The smallest absolute Gasteiger partial charge is 0.251 e. The molecule has 0 saturated heterocycles. The van der Waals surface area contributed by atoms with E-state index in [1.165, 1.54) is 6.07 Å². The summed E-state index contributed by atoms with van der Waals surface area (Å²) in [5.41, 5.74) is 1.86. The second-order valence-electron chi connectivity index (χ2n) is 7.07. The number of methoxy groups -OCH3 is 1. The highest BCUT2D eigenvalue weighted by molar-refractivity contribution is 5.79. The lowest BCUT2D eigenvalue weighted by molar-refractivity contribution is -0.121. The number of nitrogens with zero attached hydrogens (tertiary/aromatic N) is 2. The summed E-state index contributed by atoms with van der Waals surface area (Å²) in [6.45, 7) is 3.96. The van der Waals surface area contributed by atoms with Crippen LogP contribution in [0.5, 0.6) is 5.75 Å². The van der Waals surface area contributed by atoms with Gasteiger partial charge in [-0.15, -0.1) is 0 Å². The van der Waals surface area contributed by atoms with Gasteiger partial charge in [-0.1, -0.05) is 26.0 Å². The first kappa shape index (κ1) is 20.3. The number of hydrogen-bond acceptors (Lipinski definition) is 5. The van der Waals surface area contributed by atoms with Gasteiger partial charge in [0.1, 0.15) is 11.6 Å². The minimum absolute atomic E-state index is 0.0452. The third-order valence-corrected chi connectivity index (χ3v) is 4.52. The Morgan fingerprint density at radius 3 is 2.62 bits per heavy atom. The maximum absolute atomic E-state index is 12.7. The van der Waals surface area contributed by atoms with Crippen molar-refractivity contribution in [2.45, 2.75) is 26.3 Å². The van der Waals surface area contributed by atoms with Crippen LogP contribution in [0.15, 0.2) is 59.7 Å². The highest BCUT2D eigenvalue weighted by Crippen LogP contribution is 2.22. The molecule has 0 aliphatic carbocycles. The molecule has 2 aromatic heterocycles. The Labute approximate surface area is 169 Å². The maximum Gasteiger partial charge on any atom is 0.251 e. The van der Waals surface area contributed by atoms with E-state index in [0.717, 1.165) is 11.1 Å². The molecule has 3 aromatic rings. The number of aromatic amines is 1. The SMILES string of the molecule is COc1cccc(CC(=O)N[C@@H](c2cc(=O)[nH]c(-c3ccncc3)n2)C(C)C)c1. The van der Waals surface area contributed by atoms with Crippen LogP contribution in [0.2, 0.25) is 0 Å². The Morgan fingerprint density at radius 1 is 1.17 bits per heavy atom. The predicted molar refractivity (Wildman–Crippen MR) is 111 cm³/mol. The second-order valence-corrected chi connectivity index (χ2v) is 7.07. The van der Waals surface area contributed by atoms with Gasteiger partial charge in [0.2, 0.25) is 5.91 Å². The number of H-pyrrole nitrogens is 1. The molecule has 0 spiro atoms. The Hall–Kier alpha value is -3.48. The quantitative estimate of drug-likeness (QED) is 0.644. The van der Waals surface area contributed by atoms with Gasteiger partial charge in [0.25, 0.3) is 5.56 Å². The second kappa shape index (κ2) is 9.14. The summed E-state index contributed by atoms with van der Waals surface area (Å²) in [6, 6.07) is 12.0. The molecule has 1 atom stereocenters. The van der Waals surface area contributed by atoms with Gasteiger partial charge >= 0.3 is 0 Å². The maximum atomic E-state index is 12.7. The van der Waals surface area contributed by atoms with Crippen LogP contribution in [0.25, 0.3) is 11.4 Å². The number of hydrogen-bond donors (Lipinski definition) is 2. The van der Waals surface area contributed by atoms with Gasteiger partial charge < -0.3 is 15.0 Å². The minimum Gasteiger partial charge on any atom is -0.497 e. The van der Waals surface area contributed by atoms with Crippen LogP contribution in [0.1, 0.15) is 31.1 Å². The topological polar surface area (TPSA) is 97.0 Å². The summed E-state index contributed by atoms with van der Waals surface area (Å²) in [7, 11) is 1.59. The van der Waals surface area contributed by atoms with Crippen LogP contribution in [0.4, 0.5) is 0 Å². The highest BCUT2D eigenvalue weighted by Gasteiger charge is 2.21. The Balaban J connectivity index is 1.83. The molecule has 2 heterocycles. The fourth-order valence-corrected chi connectivity index (χ4v) is 3.06. The molecular weight excluding hydrogens is 368 g/mol. The van der Waals surface area contributed by atoms with Crippen molar-refractivity contribution < 1.29 is 9.53 Å². The van der Waals surface area contributed by atoms with E-state index < -0.39 is 6.04 Å². The first-order valence-corrected chi connectivity index (χ1v) is 9.40. The third-order valence-electron chi connectivity index (χ3n) is 4.52. The molecule has 150 valence electrons. The standard InChI is InChI=1S/C22H24N4O3/c1-14(2)21(25-19(27)12-15-5-4-6-17(11-15)29-3)18-13-20(28)26-22(24-18)16-7-9-23-10-8-16/h4-11,13-14,21H,12H2,1-3H3,(H,25,27)(H,24,26,28)/t21-/m1/s1. The molecule has 0 fully saturated rings. The average Bonchev–Trinajstić information content (AvgIpc) is 2.72. The molecule has 2 N–H and O–H groups in total. The minimum atomic E-state index is -0.393. The average molecular weight is 392 g/mol. The van der Waals surface area contributed by atoms with E-state index in [9.17, 15) is 9.59 Å². The van der Waals surface area contributed by atoms with Crippen LogP contribution in [-0.2, 0) is 11.2 Å². The van der Waals surface area contributed by atoms with Crippen molar-refractivity contribution in [3.05, 3.63) is 76.5 Å². The van der Waals surface area contributed by atoms with Gasteiger partial charge in [-0.25, -0.2) is 4.98 Å². The van der Waals surface area contributed by atoms with Gasteiger partial charge in [0, 0.05) is 24.0 Å². The van der Waals surface area contributed by atoms with Crippen molar-refractivity contribution in [1.82, 2.24) is 20.3 Å². The van der Waals surface area contributed by atoms with E-state index in [0.29, 0.717) is 17.3 Å². The monoisotopic (exact) mass is 392 g/mol. The molecule has 0 aliphatic heterocycles. The zero-order valence-electron chi connectivity index (χ0n) is 16.7. The number of carbonyl (C=O) groups excluding carboxylic acids is 1. The number of pyridine rings is 1. The van der Waals surface area contributed by atoms with Crippen molar-refractivity contribution in [3.63, 3.8) is 0 Å². The van der Waals surface area contributed by atoms with Gasteiger partial charge in [-0.2, -0.15) is 0 Å². The lowest BCUT2D eigenvalue weighted by Gasteiger charge is -2.22. The highest BCUT2D eigenvalue weighted by atomic mass is 16.5. The number of amides is 1. The van der Waals surface area contributed by atoms with Crippen LogP contribution in [0.3, 0.4) is 0 Å². The third kappa shape index (κ3) is 5.28. The van der Waals surface area contributed by atoms with Crippen LogP contribution >= 0.6 is 0 Å². The Kier molecular flexibility index (Phi) is 6.39. The molecule has 3 rings (SSSR count). The van der Waals surface area contributed by atoms with E-state index in [2.05, 4.69) is 20.3 Å². The number of ether oxygens (including phenoxy) is 1. The molecule has 7 heteroatoms. The zero-order valence-corrected chi connectivity index (χ0v) is 16.7. The summed E-state index contributed by atoms with van der Waals surface area (Å²) in [5.74, 6) is 1.05. The normalized spacial score (nSPS) is 11.9. The van der Waals surface area contributed by atoms with E-state index in [1.807, 2.05) is 38.1 Å². The van der Waals surface area contributed by atoms with Crippen LogP contribution < -0.4 is 15.6 Å². The molecule has 1 amide bonds. The van der Waals surface area contributed by atoms with Crippen molar-refractivity contribution >= 4 is 5.91 Å². The number of aromatic nitrogens is 3. The summed E-state index contributed by atoms with van der Waals surface area (Å²) in [6.07, 6.45) is 3.48. The van der Waals surface area contributed by atoms with E-state index in [1.54, 1.807) is 31.6 Å². The first-order valence-electron chi connectivity index (χ1n) is 9.40. The molecule has 0 radical (unpaired) electrons. The lowest BCUT2D eigenvalue weighted by atomic mass is 9.99. The molecule has 0 unspecified atom stereocenters. The molecule has 0 saturated carbocycles. The summed E-state index contributed by atoms with van der Waals surface area (Å²) < 4.78 is 5.21. The van der Waals surface area contributed by atoms with Gasteiger partial charge in [-0.05, 0) is 35.7 Å². The predicted octanol–water partition coefficient (Wildman–Crippen LogP) is 2.90.